The normalized spacial score (nSPS) is 41.8. The zero-order valence-electron chi connectivity index (χ0n) is 10.5. The first-order valence-corrected chi connectivity index (χ1v) is 7.86. The van der Waals surface area contributed by atoms with E-state index >= 15 is 0 Å². The van der Waals surface area contributed by atoms with Gasteiger partial charge >= 0.3 is 5.97 Å². The number of hydrogen-bond donors (Lipinski definition) is 1. The van der Waals surface area contributed by atoms with E-state index in [1.807, 2.05) is 6.92 Å². The van der Waals surface area contributed by atoms with Crippen LogP contribution in [0.15, 0.2) is 0 Å². The molecule has 0 radical (unpaired) electrons. The number of carboxylic acid groups (broad SMARTS) is 1. The molecule has 0 aromatic heterocycles. The summed E-state index contributed by atoms with van der Waals surface area (Å²) < 4.78 is 0. The lowest BCUT2D eigenvalue weighted by Gasteiger charge is -2.27. The summed E-state index contributed by atoms with van der Waals surface area (Å²) in [5.74, 6) is 1.09. The van der Waals surface area contributed by atoms with Crippen molar-refractivity contribution in [2.45, 2.75) is 44.0 Å². The van der Waals surface area contributed by atoms with E-state index in [0.29, 0.717) is 17.6 Å². The van der Waals surface area contributed by atoms with Crippen LogP contribution < -0.4 is 0 Å². The standard InChI is InChI=1S/C13H19NO3S/c1-2-10-14(9(6-18-10)13(16)17)12(15)11-7-4-3-5-8(7)11/h7-11H,2-6H2,1H3,(H,16,17). The van der Waals surface area contributed by atoms with E-state index < -0.39 is 12.0 Å². The van der Waals surface area contributed by atoms with Crippen LogP contribution in [-0.4, -0.2) is 39.1 Å². The zero-order chi connectivity index (χ0) is 12.9. The molecule has 0 aromatic rings. The van der Waals surface area contributed by atoms with E-state index in [0.717, 1.165) is 19.3 Å². The number of nitrogens with zero attached hydrogens (tertiary/aromatic N) is 1. The van der Waals surface area contributed by atoms with Crippen molar-refractivity contribution in [3.8, 4) is 0 Å². The summed E-state index contributed by atoms with van der Waals surface area (Å²) in [6.45, 7) is 2.02. The molecule has 0 spiro atoms. The van der Waals surface area contributed by atoms with Gasteiger partial charge in [-0.25, -0.2) is 4.79 Å². The van der Waals surface area contributed by atoms with Crippen LogP contribution in [0.4, 0.5) is 0 Å². The van der Waals surface area contributed by atoms with E-state index in [4.69, 9.17) is 0 Å². The van der Waals surface area contributed by atoms with Gasteiger partial charge in [0.15, 0.2) is 0 Å². The Kier molecular flexibility index (Phi) is 3.04. The maximum atomic E-state index is 12.6. The molecule has 3 fully saturated rings. The SMILES string of the molecule is CCC1SCC(C(=O)O)N1C(=O)C1C2CCCC21. The van der Waals surface area contributed by atoms with Crippen molar-refractivity contribution >= 4 is 23.6 Å². The van der Waals surface area contributed by atoms with Crippen LogP contribution in [0.25, 0.3) is 0 Å². The van der Waals surface area contributed by atoms with E-state index in [1.165, 1.54) is 6.42 Å². The van der Waals surface area contributed by atoms with Crippen molar-refractivity contribution in [3.05, 3.63) is 0 Å². The van der Waals surface area contributed by atoms with Crippen molar-refractivity contribution in [1.82, 2.24) is 4.90 Å². The summed E-state index contributed by atoms with van der Waals surface area (Å²) in [5, 5.41) is 9.31. The molecule has 1 saturated heterocycles. The van der Waals surface area contributed by atoms with Gasteiger partial charge in [-0.15, -0.1) is 11.8 Å². The van der Waals surface area contributed by atoms with Gasteiger partial charge in [0, 0.05) is 11.7 Å². The van der Waals surface area contributed by atoms with Crippen molar-refractivity contribution in [2.24, 2.45) is 17.8 Å². The molecule has 0 bridgehead atoms. The predicted molar refractivity (Wildman–Crippen MR) is 69.1 cm³/mol. The molecule has 1 amide bonds. The molecule has 1 N–H and O–H groups in total. The van der Waals surface area contributed by atoms with Crippen LogP contribution in [0, 0.1) is 17.8 Å². The number of rotatable bonds is 3. The average molecular weight is 269 g/mol. The summed E-state index contributed by atoms with van der Waals surface area (Å²) in [5.41, 5.74) is 0. The Morgan fingerprint density at radius 1 is 1.33 bits per heavy atom. The van der Waals surface area contributed by atoms with Crippen LogP contribution >= 0.6 is 11.8 Å². The van der Waals surface area contributed by atoms with Gasteiger partial charge in [-0.2, -0.15) is 0 Å². The van der Waals surface area contributed by atoms with Gasteiger partial charge < -0.3 is 10.0 Å². The van der Waals surface area contributed by atoms with Gasteiger partial charge in [-0.1, -0.05) is 13.3 Å². The second-order valence-electron chi connectivity index (χ2n) is 5.58. The Hall–Kier alpha value is -0.710. The number of aliphatic carboxylic acids is 1. The summed E-state index contributed by atoms with van der Waals surface area (Å²) in [6, 6.07) is -0.603. The minimum atomic E-state index is -0.849. The highest BCUT2D eigenvalue weighted by molar-refractivity contribution is 8.00. The second-order valence-corrected chi connectivity index (χ2v) is 6.79. The molecule has 4 nitrogen and oxygen atoms in total. The van der Waals surface area contributed by atoms with Crippen molar-refractivity contribution in [1.29, 1.82) is 0 Å². The Morgan fingerprint density at radius 3 is 2.56 bits per heavy atom. The molecule has 5 heteroatoms. The van der Waals surface area contributed by atoms with E-state index in [9.17, 15) is 14.7 Å². The Morgan fingerprint density at radius 2 is 2.00 bits per heavy atom. The number of carbonyl (C=O) groups excluding carboxylic acids is 1. The largest absolute Gasteiger partial charge is 0.480 e. The second kappa shape index (κ2) is 4.44. The fourth-order valence-electron chi connectivity index (χ4n) is 3.72. The first kappa shape index (κ1) is 12.3. The Bertz CT molecular complexity index is 376. The van der Waals surface area contributed by atoms with Crippen LogP contribution in [0.1, 0.15) is 32.6 Å². The number of thioether (sulfide) groups is 1. The minimum Gasteiger partial charge on any atom is -0.480 e. The molecule has 2 saturated carbocycles. The molecule has 100 valence electrons. The molecule has 18 heavy (non-hydrogen) atoms. The number of carbonyl (C=O) groups is 2. The first-order chi connectivity index (χ1) is 8.65. The lowest BCUT2D eigenvalue weighted by Crippen LogP contribution is -2.46. The molecule has 1 aliphatic heterocycles. The van der Waals surface area contributed by atoms with Gasteiger partial charge in [0.05, 0.1) is 5.37 Å². The van der Waals surface area contributed by atoms with Crippen molar-refractivity contribution < 1.29 is 14.7 Å². The summed E-state index contributed by atoms with van der Waals surface area (Å²) in [4.78, 5) is 25.5. The van der Waals surface area contributed by atoms with Crippen LogP contribution in [0.2, 0.25) is 0 Å². The lowest BCUT2D eigenvalue weighted by molar-refractivity contribution is -0.150. The molecule has 0 aromatic carbocycles. The Balaban J connectivity index is 1.75. The van der Waals surface area contributed by atoms with Gasteiger partial charge in [0.25, 0.3) is 0 Å². The molecular formula is C13H19NO3S. The maximum Gasteiger partial charge on any atom is 0.327 e. The quantitative estimate of drug-likeness (QED) is 0.848. The molecular weight excluding hydrogens is 250 g/mol. The minimum absolute atomic E-state index is 0.0694. The lowest BCUT2D eigenvalue weighted by atomic mass is 10.1. The van der Waals surface area contributed by atoms with E-state index in [1.54, 1.807) is 16.7 Å². The maximum absolute atomic E-state index is 12.6. The molecule has 1 heterocycles. The third-order valence-electron chi connectivity index (χ3n) is 4.67. The van der Waals surface area contributed by atoms with E-state index in [2.05, 4.69) is 0 Å². The van der Waals surface area contributed by atoms with Gasteiger partial charge in [-0.3, -0.25) is 4.79 Å². The van der Waals surface area contributed by atoms with Gasteiger partial charge in [0.2, 0.25) is 5.91 Å². The number of fused-ring (bicyclic) bond motifs is 1. The van der Waals surface area contributed by atoms with Crippen molar-refractivity contribution in [2.75, 3.05) is 5.75 Å². The van der Waals surface area contributed by atoms with Gasteiger partial charge in [-0.05, 0) is 31.1 Å². The summed E-state index contributed by atoms with van der Waals surface area (Å²) in [7, 11) is 0. The number of hydrogen-bond acceptors (Lipinski definition) is 3. The van der Waals surface area contributed by atoms with Crippen LogP contribution in [-0.2, 0) is 9.59 Å². The zero-order valence-corrected chi connectivity index (χ0v) is 11.4. The predicted octanol–water partition coefficient (Wildman–Crippen LogP) is 1.80. The van der Waals surface area contributed by atoms with Gasteiger partial charge in [0.1, 0.15) is 6.04 Å². The van der Waals surface area contributed by atoms with Crippen molar-refractivity contribution in [3.63, 3.8) is 0 Å². The average Bonchev–Trinajstić information content (AvgIpc) is 2.77. The highest BCUT2D eigenvalue weighted by Crippen LogP contribution is 2.58. The number of carboxylic acids is 1. The highest BCUT2D eigenvalue weighted by Gasteiger charge is 2.59. The first-order valence-electron chi connectivity index (χ1n) is 6.81. The fraction of sp³-hybridized carbons (Fsp3) is 0.846. The molecule has 3 rings (SSSR count). The molecule has 4 unspecified atom stereocenters. The fourth-order valence-corrected chi connectivity index (χ4v) is 5.08. The third kappa shape index (κ3) is 1.75. The topological polar surface area (TPSA) is 57.6 Å². The van der Waals surface area contributed by atoms with Crippen LogP contribution in [0.5, 0.6) is 0 Å². The summed E-state index contributed by atoms with van der Waals surface area (Å²) >= 11 is 1.61. The molecule has 4 atom stereocenters. The highest BCUT2D eigenvalue weighted by atomic mass is 32.2. The smallest absolute Gasteiger partial charge is 0.327 e. The summed E-state index contributed by atoms with van der Waals surface area (Å²) in [6.07, 6.45) is 4.41. The molecule has 2 aliphatic carbocycles. The monoisotopic (exact) mass is 269 g/mol. The Labute approximate surface area is 111 Å². The number of amides is 1. The van der Waals surface area contributed by atoms with Crippen LogP contribution in [0.3, 0.4) is 0 Å². The van der Waals surface area contributed by atoms with E-state index in [-0.39, 0.29) is 17.2 Å². The molecule has 3 aliphatic rings. The third-order valence-corrected chi connectivity index (χ3v) is 6.13.